The van der Waals surface area contributed by atoms with Gasteiger partial charge in [0, 0.05) is 38.9 Å². The number of nitrogens with zero attached hydrogens (tertiary/aromatic N) is 3. The van der Waals surface area contributed by atoms with Gasteiger partial charge in [0.05, 0.1) is 6.10 Å². The highest BCUT2D eigenvalue weighted by atomic mass is 16.3. The van der Waals surface area contributed by atoms with Gasteiger partial charge in [-0.15, -0.1) is 0 Å². The minimum absolute atomic E-state index is 0.0879. The minimum Gasteiger partial charge on any atom is -0.393 e. The smallest absolute Gasteiger partial charge is 0.128 e. The number of hydrogen-bond donors (Lipinski definition) is 1. The molecule has 0 amide bonds. The Morgan fingerprint density at radius 2 is 2.00 bits per heavy atom. The summed E-state index contributed by atoms with van der Waals surface area (Å²) in [7, 11) is 0. The Morgan fingerprint density at radius 3 is 2.71 bits per heavy atom. The molecule has 1 aliphatic carbocycles. The first kappa shape index (κ1) is 14.8. The van der Waals surface area contributed by atoms with Crippen molar-refractivity contribution in [3.8, 4) is 0 Å². The fourth-order valence-electron chi connectivity index (χ4n) is 3.71. The van der Waals surface area contributed by atoms with Gasteiger partial charge in [0.15, 0.2) is 0 Å². The summed E-state index contributed by atoms with van der Waals surface area (Å²) in [5, 5.41) is 10.2. The van der Waals surface area contributed by atoms with Gasteiger partial charge in [-0.1, -0.05) is 13.0 Å². The van der Waals surface area contributed by atoms with E-state index in [2.05, 4.69) is 33.8 Å². The number of rotatable bonds is 3. The quantitative estimate of drug-likeness (QED) is 0.924. The standard InChI is InChI=1S/C17H27N3O/c1-14-5-6-16(21)15(12-14)13-19-8-10-20(11-9-19)17-4-2-3-7-18-17/h2-4,7,14-16,21H,5-6,8-13H2,1H3. The number of aliphatic hydroxyl groups is 1. The number of piperazine rings is 1. The van der Waals surface area contributed by atoms with E-state index in [0.717, 1.165) is 50.9 Å². The van der Waals surface area contributed by atoms with Crippen molar-refractivity contribution < 1.29 is 5.11 Å². The Hall–Kier alpha value is -1.13. The number of hydrogen-bond acceptors (Lipinski definition) is 4. The molecule has 2 heterocycles. The highest BCUT2D eigenvalue weighted by molar-refractivity contribution is 5.38. The second-order valence-corrected chi connectivity index (χ2v) is 6.72. The van der Waals surface area contributed by atoms with Crippen LogP contribution in [0, 0.1) is 11.8 Å². The molecule has 3 atom stereocenters. The molecule has 1 aromatic heterocycles. The Bertz CT molecular complexity index is 431. The molecular formula is C17H27N3O. The van der Waals surface area contributed by atoms with Gasteiger partial charge < -0.3 is 10.0 Å². The average Bonchev–Trinajstić information content (AvgIpc) is 2.53. The van der Waals surface area contributed by atoms with Crippen LogP contribution in [0.5, 0.6) is 0 Å². The monoisotopic (exact) mass is 289 g/mol. The summed E-state index contributed by atoms with van der Waals surface area (Å²) in [5.74, 6) is 2.33. The van der Waals surface area contributed by atoms with Crippen molar-refractivity contribution in [1.29, 1.82) is 0 Å². The second kappa shape index (κ2) is 6.75. The summed E-state index contributed by atoms with van der Waals surface area (Å²) < 4.78 is 0. The average molecular weight is 289 g/mol. The molecule has 1 N–H and O–H groups in total. The SMILES string of the molecule is CC1CCC(O)C(CN2CCN(c3ccccn3)CC2)C1. The molecule has 1 saturated heterocycles. The van der Waals surface area contributed by atoms with Crippen LogP contribution >= 0.6 is 0 Å². The lowest BCUT2D eigenvalue weighted by molar-refractivity contribution is 0.0295. The van der Waals surface area contributed by atoms with Gasteiger partial charge in [0.25, 0.3) is 0 Å². The van der Waals surface area contributed by atoms with E-state index >= 15 is 0 Å². The Kier molecular flexibility index (Phi) is 4.76. The molecule has 21 heavy (non-hydrogen) atoms. The van der Waals surface area contributed by atoms with E-state index in [9.17, 15) is 5.11 Å². The van der Waals surface area contributed by atoms with Gasteiger partial charge in [0.2, 0.25) is 0 Å². The molecule has 4 nitrogen and oxygen atoms in total. The van der Waals surface area contributed by atoms with Crippen LogP contribution in [0.1, 0.15) is 26.2 Å². The molecule has 1 aliphatic heterocycles. The fourth-order valence-corrected chi connectivity index (χ4v) is 3.71. The lowest BCUT2D eigenvalue weighted by Gasteiger charge is -2.40. The molecule has 1 saturated carbocycles. The highest BCUT2D eigenvalue weighted by Gasteiger charge is 2.29. The van der Waals surface area contributed by atoms with Crippen LogP contribution in [0.2, 0.25) is 0 Å². The van der Waals surface area contributed by atoms with Gasteiger partial charge >= 0.3 is 0 Å². The number of aliphatic hydroxyl groups excluding tert-OH is 1. The third kappa shape index (κ3) is 3.74. The van der Waals surface area contributed by atoms with E-state index < -0.39 is 0 Å². The van der Waals surface area contributed by atoms with E-state index in [1.165, 1.54) is 12.8 Å². The van der Waals surface area contributed by atoms with Crippen molar-refractivity contribution in [1.82, 2.24) is 9.88 Å². The number of aromatic nitrogens is 1. The van der Waals surface area contributed by atoms with Crippen molar-refractivity contribution in [3.05, 3.63) is 24.4 Å². The van der Waals surface area contributed by atoms with E-state index in [-0.39, 0.29) is 6.10 Å². The molecular weight excluding hydrogens is 262 g/mol. The summed E-state index contributed by atoms with van der Waals surface area (Å²) in [4.78, 5) is 9.31. The summed E-state index contributed by atoms with van der Waals surface area (Å²) in [6.45, 7) is 7.60. The topological polar surface area (TPSA) is 39.6 Å². The third-order valence-corrected chi connectivity index (χ3v) is 5.04. The van der Waals surface area contributed by atoms with Crippen LogP contribution in [-0.2, 0) is 0 Å². The van der Waals surface area contributed by atoms with E-state index in [1.807, 2.05) is 12.3 Å². The summed E-state index contributed by atoms with van der Waals surface area (Å²) in [5.41, 5.74) is 0. The largest absolute Gasteiger partial charge is 0.393 e. The molecule has 4 heteroatoms. The molecule has 116 valence electrons. The molecule has 3 unspecified atom stereocenters. The van der Waals surface area contributed by atoms with E-state index in [0.29, 0.717) is 5.92 Å². The Balaban J connectivity index is 1.49. The first-order valence-corrected chi connectivity index (χ1v) is 8.29. The van der Waals surface area contributed by atoms with Crippen LogP contribution in [0.25, 0.3) is 0 Å². The molecule has 0 aromatic carbocycles. The maximum atomic E-state index is 10.2. The first-order valence-electron chi connectivity index (χ1n) is 8.29. The predicted molar refractivity (Wildman–Crippen MR) is 85.4 cm³/mol. The Morgan fingerprint density at radius 1 is 1.19 bits per heavy atom. The fraction of sp³-hybridized carbons (Fsp3) is 0.706. The van der Waals surface area contributed by atoms with Gasteiger partial charge in [0.1, 0.15) is 5.82 Å². The van der Waals surface area contributed by atoms with Crippen molar-refractivity contribution in [3.63, 3.8) is 0 Å². The maximum Gasteiger partial charge on any atom is 0.128 e. The highest BCUT2D eigenvalue weighted by Crippen LogP contribution is 2.30. The van der Waals surface area contributed by atoms with Gasteiger partial charge in [-0.05, 0) is 43.2 Å². The normalized spacial score (nSPS) is 31.3. The summed E-state index contributed by atoms with van der Waals surface area (Å²) in [6.07, 6.45) is 5.13. The lowest BCUT2D eigenvalue weighted by atomic mass is 9.80. The van der Waals surface area contributed by atoms with Crippen LogP contribution in [0.4, 0.5) is 5.82 Å². The first-order chi connectivity index (χ1) is 10.2. The van der Waals surface area contributed by atoms with Gasteiger partial charge in [-0.2, -0.15) is 0 Å². The van der Waals surface area contributed by atoms with Crippen LogP contribution in [0.15, 0.2) is 24.4 Å². The zero-order chi connectivity index (χ0) is 14.7. The molecule has 0 bridgehead atoms. The second-order valence-electron chi connectivity index (χ2n) is 6.72. The molecule has 2 aliphatic rings. The molecule has 1 aromatic rings. The molecule has 3 rings (SSSR count). The summed E-state index contributed by atoms with van der Waals surface area (Å²) >= 11 is 0. The van der Waals surface area contributed by atoms with Crippen LogP contribution in [-0.4, -0.2) is 53.8 Å². The van der Waals surface area contributed by atoms with Crippen molar-refractivity contribution >= 4 is 5.82 Å². The van der Waals surface area contributed by atoms with Crippen molar-refractivity contribution in [2.75, 3.05) is 37.6 Å². The number of pyridine rings is 1. The van der Waals surface area contributed by atoms with Crippen LogP contribution in [0.3, 0.4) is 0 Å². The van der Waals surface area contributed by atoms with Crippen LogP contribution < -0.4 is 4.90 Å². The van der Waals surface area contributed by atoms with Crippen molar-refractivity contribution in [2.45, 2.75) is 32.3 Å². The maximum absolute atomic E-state index is 10.2. The Labute approximate surface area is 127 Å². The molecule has 0 spiro atoms. The summed E-state index contributed by atoms with van der Waals surface area (Å²) in [6, 6.07) is 6.10. The molecule has 2 fully saturated rings. The van der Waals surface area contributed by atoms with Gasteiger partial charge in [-0.3, -0.25) is 4.90 Å². The lowest BCUT2D eigenvalue weighted by Crippen LogP contribution is -2.49. The third-order valence-electron chi connectivity index (χ3n) is 5.04. The zero-order valence-corrected chi connectivity index (χ0v) is 13.0. The van der Waals surface area contributed by atoms with Crippen molar-refractivity contribution in [2.24, 2.45) is 11.8 Å². The predicted octanol–water partition coefficient (Wildman–Crippen LogP) is 2.00. The van der Waals surface area contributed by atoms with E-state index in [1.54, 1.807) is 0 Å². The molecule has 0 radical (unpaired) electrons. The number of anilines is 1. The minimum atomic E-state index is -0.0879. The van der Waals surface area contributed by atoms with Gasteiger partial charge in [-0.25, -0.2) is 4.98 Å². The zero-order valence-electron chi connectivity index (χ0n) is 13.0. The van der Waals surface area contributed by atoms with E-state index in [4.69, 9.17) is 0 Å².